The van der Waals surface area contributed by atoms with Gasteiger partial charge in [-0.05, 0) is 30.0 Å². The van der Waals surface area contributed by atoms with Gasteiger partial charge in [0.05, 0.1) is 18.0 Å². The quantitative estimate of drug-likeness (QED) is 0.501. The molecule has 0 bridgehead atoms. The van der Waals surface area contributed by atoms with Gasteiger partial charge in [-0.15, -0.1) is 5.10 Å². The van der Waals surface area contributed by atoms with Crippen molar-refractivity contribution in [1.82, 2.24) is 4.90 Å². The molecular weight excluding hydrogens is 354 g/mol. The number of aryl methyl sites for hydroxylation is 1. The molecule has 1 aliphatic rings. The average molecular weight is 380 g/mol. The van der Waals surface area contributed by atoms with E-state index in [0.29, 0.717) is 11.7 Å². The molecule has 5 heteroatoms. The Morgan fingerprint density at radius 3 is 2.59 bits per heavy atom. The molecule has 0 N–H and O–H groups in total. The topological polar surface area (TPSA) is 45.0 Å². The first-order valence-electron chi connectivity index (χ1n) is 9.37. The summed E-state index contributed by atoms with van der Waals surface area (Å²) < 4.78 is 0. The minimum Gasteiger partial charge on any atom is -0.284 e. The van der Waals surface area contributed by atoms with Crippen molar-refractivity contribution in [3.8, 4) is 0 Å². The molecule has 1 aliphatic heterocycles. The SMILES string of the molecule is CCCC[C@H]1S/C(=N/N=C\c2ccccc2)N(Cc2ccccc2C)C1=O. The molecule has 0 aliphatic carbocycles. The average Bonchev–Trinajstić information content (AvgIpc) is 2.98. The fourth-order valence-electron chi connectivity index (χ4n) is 2.95. The van der Waals surface area contributed by atoms with E-state index in [2.05, 4.69) is 36.2 Å². The van der Waals surface area contributed by atoms with E-state index in [1.807, 2.05) is 42.5 Å². The van der Waals surface area contributed by atoms with Gasteiger partial charge in [0.2, 0.25) is 5.91 Å². The lowest BCUT2D eigenvalue weighted by molar-refractivity contribution is -0.126. The molecule has 1 heterocycles. The number of unbranched alkanes of at least 4 members (excludes halogenated alkanes) is 1. The van der Waals surface area contributed by atoms with E-state index in [4.69, 9.17) is 0 Å². The minimum atomic E-state index is -0.0559. The molecular formula is C22H25N3OS. The zero-order chi connectivity index (χ0) is 19.1. The van der Waals surface area contributed by atoms with Crippen molar-refractivity contribution in [2.75, 3.05) is 0 Å². The normalized spacial score (nSPS) is 18.7. The molecule has 1 saturated heterocycles. The molecule has 0 aromatic heterocycles. The summed E-state index contributed by atoms with van der Waals surface area (Å²) >= 11 is 1.54. The van der Waals surface area contributed by atoms with Crippen LogP contribution in [0.5, 0.6) is 0 Å². The van der Waals surface area contributed by atoms with Crippen molar-refractivity contribution < 1.29 is 4.79 Å². The van der Waals surface area contributed by atoms with Gasteiger partial charge < -0.3 is 0 Å². The largest absolute Gasteiger partial charge is 0.284 e. The number of amidine groups is 1. The van der Waals surface area contributed by atoms with Crippen molar-refractivity contribution in [1.29, 1.82) is 0 Å². The first-order chi connectivity index (χ1) is 13.2. The van der Waals surface area contributed by atoms with E-state index in [-0.39, 0.29) is 11.2 Å². The summed E-state index contributed by atoms with van der Waals surface area (Å²) in [6.07, 6.45) is 4.73. The Morgan fingerprint density at radius 2 is 1.85 bits per heavy atom. The number of hydrogen-bond acceptors (Lipinski definition) is 4. The standard InChI is InChI=1S/C22H25N3OS/c1-3-4-14-20-21(26)25(16-19-13-9-8-10-17(19)2)22(27-20)24-23-15-18-11-6-5-7-12-18/h5-13,15,20H,3-4,14,16H2,1-2H3/b23-15-,24-22+/t20-/m1/s1. The molecule has 1 fully saturated rings. The van der Waals surface area contributed by atoms with Crippen LogP contribution in [0.3, 0.4) is 0 Å². The van der Waals surface area contributed by atoms with E-state index in [0.717, 1.165) is 30.4 Å². The van der Waals surface area contributed by atoms with Crippen LogP contribution < -0.4 is 0 Å². The second-order valence-corrected chi connectivity index (χ2v) is 7.81. The number of benzene rings is 2. The van der Waals surface area contributed by atoms with Gasteiger partial charge in [-0.1, -0.05) is 86.1 Å². The van der Waals surface area contributed by atoms with Crippen LogP contribution in [-0.4, -0.2) is 27.4 Å². The fraction of sp³-hybridized carbons (Fsp3) is 0.318. The first-order valence-corrected chi connectivity index (χ1v) is 10.3. The lowest BCUT2D eigenvalue weighted by Crippen LogP contribution is -2.31. The van der Waals surface area contributed by atoms with E-state index in [1.54, 1.807) is 11.1 Å². The van der Waals surface area contributed by atoms with Gasteiger partial charge in [0.25, 0.3) is 0 Å². The summed E-state index contributed by atoms with van der Waals surface area (Å²) in [6, 6.07) is 18.0. The van der Waals surface area contributed by atoms with E-state index >= 15 is 0 Å². The van der Waals surface area contributed by atoms with Crippen LogP contribution in [0.1, 0.15) is 42.9 Å². The molecule has 1 atom stereocenters. The molecule has 0 radical (unpaired) electrons. The van der Waals surface area contributed by atoms with Crippen molar-refractivity contribution in [2.24, 2.45) is 10.2 Å². The van der Waals surface area contributed by atoms with Crippen LogP contribution >= 0.6 is 11.8 Å². The molecule has 0 unspecified atom stereocenters. The molecule has 0 saturated carbocycles. The molecule has 27 heavy (non-hydrogen) atoms. The molecule has 1 amide bonds. The third-order valence-electron chi connectivity index (χ3n) is 4.58. The first kappa shape index (κ1) is 19.4. The predicted molar refractivity (Wildman–Crippen MR) is 114 cm³/mol. The molecule has 2 aromatic carbocycles. The van der Waals surface area contributed by atoms with Crippen LogP contribution in [0.2, 0.25) is 0 Å². The summed E-state index contributed by atoms with van der Waals surface area (Å²) in [7, 11) is 0. The van der Waals surface area contributed by atoms with Crippen LogP contribution in [0, 0.1) is 6.92 Å². The van der Waals surface area contributed by atoms with Crippen molar-refractivity contribution in [3.63, 3.8) is 0 Å². The van der Waals surface area contributed by atoms with Gasteiger partial charge in [-0.25, -0.2) is 0 Å². The highest BCUT2D eigenvalue weighted by Gasteiger charge is 2.37. The van der Waals surface area contributed by atoms with Crippen molar-refractivity contribution >= 4 is 29.1 Å². The van der Waals surface area contributed by atoms with Gasteiger partial charge >= 0.3 is 0 Å². The number of nitrogens with zero attached hydrogens (tertiary/aromatic N) is 3. The van der Waals surface area contributed by atoms with Crippen LogP contribution in [-0.2, 0) is 11.3 Å². The highest BCUT2D eigenvalue weighted by Crippen LogP contribution is 2.32. The Bertz CT molecular complexity index is 832. The Balaban J connectivity index is 1.81. The molecule has 0 spiro atoms. The summed E-state index contributed by atoms with van der Waals surface area (Å²) in [4.78, 5) is 14.7. The Morgan fingerprint density at radius 1 is 1.11 bits per heavy atom. The van der Waals surface area contributed by atoms with Crippen LogP contribution in [0.15, 0.2) is 64.8 Å². The monoisotopic (exact) mass is 379 g/mol. The maximum Gasteiger partial charge on any atom is 0.242 e. The van der Waals surface area contributed by atoms with Gasteiger partial charge in [0, 0.05) is 0 Å². The summed E-state index contributed by atoms with van der Waals surface area (Å²) in [5, 5.41) is 9.26. The second kappa shape index (κ2) is 9.51. The highest BCUT2D eigenvalue weighted by atomic mass is 32.2. The Hall–Kier alpha value is -2.40. The van der Waals surface area contributed by atoms with Crippen LogP contribution in [0.4, 0.5) is 0 Å². The number of carbonyl (C=O) groups is 1. The maximum absolute atomic E-state index is 12.9. The molecule has 140 valence electrons. The highest BCUT2D eigenvalue weighted by molar-refractivity contribution is 8.15. The smallest absolute Gasteiger partial charge is 0.242 e. The van der Waals surface area contributed by atoms with Crippen molar-refractivity contribution in [3.05, 3.63) is 71.3 Å². The number of carbonyl (C=O) groups excluding carboxylic acids is 1. The summed E-state index contributed by atoms with van der Waals surface area (Å²) in [6.45, 7) is 4.76. The molecule has 4 nitrogen and oxygen atoms in total. The fourth-order valence-corrected chi connectivity index (χ4v) is 4.09. The van der Waals surface area contributed by atoms with Gasteiger partial charge in [-0.2, -0.15) is 5.10 Å². The van der Waals surface area contributed by atoms with E-state index in [1.165, 1.54) is 17.3 Å². The maximum atomic E-state index is 12.9. The lowest BCUT2D eigenvalue weighted by atomic mass is 10.1. The Kier molecular flexibility index (Phi) is 6.82. The third kappa shape index (κ3) is 5.07. The zero-order valence-corrected chi connectivity index (χ0v) is 16.7. The number of rotatable bonds is 7. The van der Waals surface area contributed by atoms with Gasteiger partial charge in [0.15, 0.2) is 5.17 Å². The number of amides is 1. The van der Waals surface area contributed by atoms with Crippen molar-refractivity contribution in [2.45, 2.75) is 44.9 Å². The number of hydrogen-bond donors (Lipinski definition) is 0. The molecule has 2 aromatic rings. The van der Waals surface area contributed by atoms with Crippen LogP contribution in [0.25, 0.3) is 0 Å². The summed E-state index contributed by atoms with van der Waals surface area (Å²) in [5.74, 6) is 0.144. The minimum absolute atomic E-state index is 0.0559. The van der Waals surface area contributed by atoms with Gasteiger partial charge in [0.1, 0.15) is 0 Å². The summed E-state index contributed by atoms with van der Waals surface area (Å²) in [5.41, 5.74) is 3.31. The lowest BCUT2D eigenvalue weighted by Gasteiger charge is -2.17. The number of thioether (sulfide) groups is 1. The Labute approximate surface area is 165 Å². The zero-order valence-electron chi connectivity index (χ0n) is 15.8. The van der Waals surface area contributed by atoms with E-state index in [9.17, 15) is 4.79 Å². The van der Waals surface area contributed by atoms with Gasteiger partial charge in [-0.3, -0.25) is 9.69 Å². The molecule has 3 rings (SSSR count). The third-order valence-corrected chi connectivity index (χ3v) is 5.81. The predicted octanol–water partition coefficient (Wildman–Crippen LogP) is 5.02. The van der Waals surface area contributed by atoms with E-state index < -0.39 is 0 Å². The second-order valence-electron chi connectivity index (χ2n) is 6.64.